The van der Waals surface area contributed by atoms with E-state index in [0.717, 1.165) is 11.1 Å². The molecule has 2 aromatic rings. The average molecular weight is 395 g/mol. The van der Waals surface area contributed by atoms with Gasteiger partial charge in [-0.05, 0) is 47.7 Å². The standard InChI is InChI=1S/C19H23ClN2O3S/c1-13-5-8-15(11-17(13)20)22-18(23)12-21-26(24,25)16-9-6-14(7-10-16)19(2,3)4/h5-11,21H,12H2,1-4H3,(H,22,23). The van der Waals surface area contributed by atoms with E-state index >= 15 is 0 Å². The van der Waals surface area contributed by atoms with Crippen LogP contribution in [0.5, 0.6) is 0 Å². The molecule has 140 valence electrons. The minimum absolute atomic E-state index is 0.0646. The molecule has 7 heteroatoms. The largest absolute Gasteiger partial charge is 0.325 e. The summed E-state index contributed by atoms with van der Waals surface area (Å²) in [5.74, 6) is -0.472. The number of halogens is 1. The Hall–Kier alpha value is -1.89. The lowest BCUT2D eigenvalue weighted by atomic mass is 9.87. The Kier molecular flexibility index (Phi) is 6.11. The second kappa shape index (κ2) is 7.78. The van der Waals surface area contributed by atoms with Gasteiger partial charge in [0.25, 0.3) is 0 Å². The number of nitrogens with one attached hydrogen (secondary N) is 2. The zero-order chi connectivity index (χ0) is 19.5. The quantitative estimate of drug-likeness (QED) is 0.808. The summed E-state index contributed by atoms with van der Waals surface area (Å²) in [4.78, 5) is 12.1. The molecular formula is C19H23ClN2O3S. The van der Waals surface area contributed by atoms with Gasteiger partial charge in [0.05, 0.1) is 11.4 Å². The van der Waals surface area contributed by atoms with Crippen molar-refractivity contribution in [1.29, 1.82) is 0 Å². The lowest BCUT2D eigenvalue weighted by molar-refractivity contribution is -0.115. The highest BCUT2D eigenvalue weighted by molar-refractivity contribution is 7.89. The highest BCUT2D eigenvalue weighted by Gasteiger charge is 2.18. The number of benzene rings is 2. The summed E-state index contributed by atoms with van der Waals surface area (Å²) in [6.07, 6.45) is 0. The molecule has 0 atom stereocenters. The monoisotopic (exact) mass is 394 g/mol. The maximum Gasteiger partial charge on any atom is 0.241 e. The maximum absolute atomic E-state index is 12.3. The van der Waals surface area contributed by atoms with Crippen LogP contribution in [0.15, 0.2) is 47.4 Å². The van der Waals surface area contributed by atoms with Crippen LogP contribution in [0.3, 0.4) is 0 Å². The molecule has 0 aliphatic carbocycles. The van der Waals surface area contributed by atoms with Crippen molar-refractivity contribution in [2.45, 2.75) is 38.0 Å². The van der Waals surface area contributed by atoms with Gasteiger partial charge < -0.3 is 5.32 Å². The van der Waals surface area contributed by atoms with E-state index in [-0.39, 0.29) is 16.9 Å². The predicted octanol–water partition coefficient (Wildman–Crippen LogP) is 3.86. The van der Waals surface area contributed by atoms with E-state index in [1.807, 2.05) is 6.92 Å². The van der Waals surface area contributed by atoms with E-state index in [0.29, 0.717) is 10.7 Å². The molecule has 26 heavy (non-hydrogen) atoms. The molecule has 0 fully saturated rings. The van der Waals surface area contributed by atoms with E-state index in [9.17, 15) is 13.2 Å². The van der Waals surface area contributed by atoms with Gasteiger partial charge in [-0.2, -0.15) is 0 Å². The van der Waals surface area contributed by atoms with Crippen LogP contribution in [0.25, 0.3) is 0 Å². The summed E-state index contributed by atoms with van der Waals surface area (Å²) >= 11 is 6.01. The van der Waals surface area contributed by atoms with Crippen LogP contribution in [0.2, 0.25) is 5.02 Å². The highest BCUT2D eigenvalue weighted by Crippen LogP contribution is 2.23. The van der Waals surface area contributed by atoms with Crippen LogP contribution in [-0.4, -0.2) is 20.9 Å². The van der Waals surface area contributed by atoms with E-state index in [1.54, 1.807) is 42.5 Å². The first-order chi connectivity index (χ1) is 12.0. The van der Waals surface area contributed by atoms with Crippen LogP contribution in [0.1, 0.15) is 31.9 Å². The molecule has 0 radical (unpaired) electrons. The molecule has 5 nitrogen and oxygen atoms in total. The fourth-order valence-corrected chi connectivity index (χ4v) is 3.42. The average Bonchev–Trinajstić information content (AvgIpc) is 2.56. The first kappa shape index (κ1) is 20.4. The Labute approximate surface area is 159 Å². The molecule has 0 aliphatic heterocycles. The molecule has 0 aliphatic rings. The number of carbonyl (C=O) groups is 1. The number of hydrogen-bond acceptors (Lipinski definition) is 3. The highest BCUT2D eigenvalue weighted by atomic mass is 35.5. The van der Waals surface area contributed by atoms with Crippen molar-refractivity contribution in [3.63, 3.8) is 0 Å². The molecule has 1 amide bonds. The third-order valence-corrected chi connectivity index (χ3v) is 5.73. The first-order valence-electron chi connectivity index (χ1n) is 8.15. The summed E-state index contributed by atoms with van der Waals surface area (Å²) in [5.41, 5.74) is 2.37. The van der Waals surface area contributed by atoms with Crippen molar-refractivity contribution < 1.29 is 13.2 Å². The van der Waals surface area contributed by atoms with Crippen LogP contribution < -0.4 is 10.0 Å². The van der Waals surface area contributed by atoms with Crippen molar-refractivity contribution in [3.05, 3.63) is 58.6 Å². The topological polar surface area (TPSA) is 75.3 Å². The van der Waals surface area contributed by atoms with Crippen LogP contribution in [0, 0.1) is 6.92 Å². The van der Waals surface area contributed by atoms with E-state index < -0.39 is 15.9 Å². The predicted molar refractivity (Wildman–Crippen MR) is 105 cm³/mol. The second-order valence-corrected chi connectivity index (χ2v) is 9.29. The summed E-state index contributed by atoms with van der Waals surface area (Å²) in [5, 5.41) is 3.14. The molecule has 0 unspecified atom stereocenters. The number of hydrogen-bond donors (Lipinski definition) is 2. The molecular weight excluding hydrogens is 372 g/mol. The molecule has 2 N–H and O–H groups in total. The zero-order valence-electron chi connectivity index (χ0n) is 15.3. The van der Waals surface area contributed by atoms with Gasteiger partial charge in [-0.15, -0.1) is 0 Å². The Morgan fingerprint density at radius 1 is 1.08 bits per heavy atom. The molecule has 0 saturated carbocycles. The normalized spacial score (nSPS) is 12.0. The van der Waals surface area contributed by atoms with Gasteiger partial charge >= 0.3 is 0 Å². The van der Waals surface area contributed by atoms with Crippen molar-refractivity contribution in [2.24, 2.45) is 0 Å². The maximum atomic E-state index is 12.3. The van der Waals surface area contributed by atoms with Gasteiger partial charge in [0.2, 0.25) is 15.9 Å². The van der Waals surface area contributed by atoms with E-state index in [1.165, 1.54) is 0 Å². The van der Waals surface area contributed by atoms with Crippen LogP contribution in [0.4, 0.5) is 5.69 Å². The SMILES string of the molecule is Cc1ccc(NC(=O)CNS(=O)(=O)c2ccc(C(C)(C)C)cc2)cc1Cl. The Bertz CT molecular complexity index is 901. The van der Waals surface area contributed by atoms with Crippen molar-refractivity contribution in [1.82, 2.24) is 4.72 Å². The van der Waals surface area contributed by atoms with Gasteiger partial charge in [-0.25, -0.2) is 13.1 Å². The van der Waals surface area contributed by atoms with Gasteiger partial charge in [-0.3, -0.25) is 4.79 Å². The third-order valence-electron chi connectivity index (χ3n) is 3.91. The number of sulfonamides is 1. The summed E-state index contributed by atoms with van der Waals surface area (Å²) < 4.78 is 27.0. The molecule has 0 spiro atoms. The van der Waals surface area contributed by atoms with Crippen molar-refractivity contribution >= 4 is 33.2 Å². The molecule has 0 saturated heterocycles. The number of aryl methyl sites for hydroxylation is 1. The smallest absolute Gasteiger partial charge is 0.241 e. The van der Waals surface area contributed by atoms with Crippen LogP contribution in [-0.2, 0) is 20.2 Å². The molecule has 2 rings (SSSR count). The molecule has 0 aromatic heterocycles. The number of anilines is 1. The summed E-state index contributed by atoms with van der Waals surface area (Å²) in [6, 6.07) is 11.7. The Morgan fingerprint density at radius 3 is 2.23 bits per heavy atom. The zero-order valence-corrected chi connectivity index (χ0v) is 16.8. The Balaban J connectivity index is 2.00. The lowest BCUT2D eigenvalue weighted by Gasteiger charge is -2.19. The number of carbonyl (C=O) groups excluding carboxylic acids is 1. The second-order valence-electron chi connectivity index (χ2n) is 7.11. The van der Waals surface area contributed by atoms with Gasteiger partial charge in [-0.1, -0.05) is 50.6 Å². The van der Waals surface area contributed by atoms with Gasteiger partial charge in [0.1, 0.15) is 0 Å². The third kappa shape index (κ3) is 5.30. The van der Waals surface area contributed by atoms with Crippen molar-refractivity contribution in [2.75, 3.05) is 11.9 Å². The molecule has 0 heterocycles. The summed E-state index contributed by atoms with van der Waals surface area (Å²) in [6.45, 7) is 7.64. The van der Waals surface area contributed by atoms with Crippen molar-refractivity contribution in [3.8, 4) is 0 Å². The molecule has 0 bridgehead atoms. The minimum atomic E-state index is -3.76. The molecule has 2 aromatic carbocycles. The number of amides is 1. The lowest BCUT2D eigenvalue weighted by Crippen LogP contribution is -2.33. The number of rotatable bonds is 5. The minimum Gasteiger partial charge on any atom is -0.325 e. The van der Waals surface area contributed by atoms with Gasteiger partial charge in [0, 0.05) is 10.7 Å². The van der Waals surface area contributed by atoms with Gasteiger partial charge in [0.15, 0.2) is 0 Å². The fraction of sp³-hybridized carbons (Fsp3) is 0.316. The first-order valence-corrected chi connectivity index (χ1v) is 10.0. The fourth-order valence-electron chi connectivity index (χ4n) is 2.25. The van der Waals surface area contributed by atoms with Crippen LogP contribution >= 0.6 is 11.6 Å². The Morgan fingerprint density at radius 2 is 1.69 bits per heavy atom. The van der Waals surface area contributed by atoms with E-state index in [2.05, 4.69) is 30.8 Å². The van der Waals surface area contributed by atoms with E-state index in [4.69, 9.17) is 11.6 Å². The summed E-state index contributed by atoms with van der Waals surface area (Å²) in [7, 11) is -3.76.